The van der Waals surface area contributed by atoms with Gasteiger partial charge in [-0.25, -0.2) is 4.98 Å². The average Bonchev–Trinajstić information content (AvgIpc) is 2.51. The molecule has 1 rings (SSSR count). The van der Waals surface area contributed by atoms with Gasteiger partial charge in [0.05, 0.1) is 6.42 Å². The smallest absolute Gasteiger partial charge is 0.195 e. The van der Waals surface area contributed by atoms with Crippen molar-refractivity contribution in [3.8, 4) is 0 Å². The number of aromatic nitrogens is 1. The van der Waals surface area contributed by atoms with Gasteiger partial charge in [0.25, 0.3) is 0 Å². The number of nitrogens with zero attached hydrogens (tertiary/aromatic N) is 1. The first-order valence-corrected chi connectivity index (χ1v) is 6.50. The molecule has 0 fully saturated rings. The van der Waals surface area contributed by atoms with Crippen molar-refractivity contribution in [3.63, 3.8) is 0 Å². The lowest BCUT2D eigenvalue weighted by Crippen LogP contribution is -2.09. The molecule has 1 aromatic rings. The van der Waals surface area contributed by atoms with Crippen LogP contribution in [0, 0.1) is 0 Å². The Balaban J connectivity index is 2.55. The minimum atomic E-state index is 0.162. The Morgan fingerprint density at radius 2 is 2.43 bits per heavy atom. The number of anilines is 1. The zero-order valence-corrected chi connectivity index (χ0v) is 10.2. The number of carbonyl (C=O) groups excluding carboxylic acids is 1. The fraction of sp³-hybridized carbons (Fsp3) is 0.556. The van der Waals surface area contributed by atoms with E-state index < -0.39 is 0 Å². The number of hydrogen-bond donors (Lipinski definition) is 1. The van der Waals surface area contributed by atoms with E-state index in [0.29, 0.717) is 12.5 Å². The van der Waals surface area contributed by atoms with Crippen LogP contribution in [0.25, 0.3) is 0 Å². The van der Waals surface area contributed by atoms with Crippen LogP contribution >= 0.6 is 23.1 Å². The second kappa shape index (κ2) is 5.36. The molecule has 0 unspecified atom stereocenters. The van der Waals surface area contributed by atoms with Gasteiger partial charge >= 0.3 is 0 Å². The van der Waals surface area contributed by atoms with E-state index in [2.05, 4.69) is 24.1 Å². The molecule has 0 aliphatic carbocycles. The molecule has 0 aliphatic heterocycles. The molecule has 0 spiro atoms. The fourth-order valence-corrected chi connectivity index (χ4v) is 2.06. The van der Waals surface area contributed by atoms with Crippen LogP contribution in [0.5, 0.6) is 0 Å². The third-order valence-electron chi connectivity index (χ3n) is 1.51. The van der Waals surface area contributed by atoms with E-state index in [9.17, 15) is 4.79 Å². The van der Waals surface area contributed by atoms with Crippen LogP contribution < -0.4 is 5.32 Å². The molecular weight excluding hydrogens is 216 g/mol. The first kappa shape index (κ1) is 11.5. The molecular formula is C9H14N2OS2. The number of rotatable bonds is 4. The first-order chi connectivity index (χ1) is 6.61. The van der Waals surface area contributed by atoms with Crippen molar-refractivity contribution in [2.24, 2.45) is 0 Å². The standard InChI is InChI=1S/C9H14N2OS2/c1-6(2)10-7-5-14-8(11-7)4-9(12)13-3/h5-6,10H,4H2,1-3H3. The monoisotopic (exact) mass is 230 g/mol. The largest absolute Gasteiger partial charge is 0.367 e. The Bertz CT molecular complexity index is 310. The summed E-state index contributed by atoms with van der Waals surface area (Å²) < 4.78 is 0. The molecule has 0 atom stereocenters. The van der Waals surface area contributed by atoms with Crippen LogP contribution in [-0.4, -0.2) is 22.4 Å². The highest BCUT2D eigenvalue weighted by atomic mass is 32.2. The molecule has 1 N–H and O–H groups in total. The van der Waals surface area contributed by atoms with Crippen LogP contribution in [0.1, 0.15) is 18.9 Å². The van der Waals surface area contributed by atoms with Crippen molar-refractivity contribution < 1.29 is 4.79 Å². The molecule has 14 heavy (non-hydrogen) atoms. The van der Waals surface area contributed by atoms with Gasteiger partial charge in [-0.2, -0.15) is 0 Å². The van der Waals surface area contributed by atoms with Gasteiger partial charge < -0.3 is 5.32 Å². The predicted molar refractivity (Wildman–Crippen MR) is 63.1 cm³/mol. The average molecular weight is 230 g/mol. The van der Waals surface area contributed by atoms with Crippen molar-refractivity contribution >= 4 is 34.0 Å². The maximum Gasteiger partial charge on any atom is 0.195 e. The zero-order chi connectivity index (χ0) is 10.6. The molecule has 0 bridgehead atoms. The summed E-state index contributed by atoms with van der Waals surface area (Å²) in [6.07, 6.45) is 2.23. The molecule has 78 valence electrons. The van der Waals surface area contributed by atoms with Crippen molar-refractivity contribution in [2.75, 3.05) is 11.6 Å². The van der Waals surface area contributed by atoms with Crippen LogP contribution in [0.15, 0.2) is 5.38 Å². The third-order valence-corrected chi connectivity index (χ3v) is 2.96. The summed E-state index contributed by atoms with van der Waals surface area (Å²) in [4.78, 5) is 15.4. The number of thioether (sulfide) groups is 1. The lowest BCUT2D eigenvalue weighted by molar-refractivity contribution is -0.110. The van der Waals surface area contributed by atoms with Gasteiger partial charge in [0.2, 0.25) is 0 Å². The second-order valence-corrected chi connectivity index (χ2v) is 4.98. The van der Waals surface area contributed by atoms with Crippen LogP contribution in [0.2, 0.25) is 0 Å². The maximum absolute atomic E-state index is 11.1. The van der Waals surface area contributed by atoms with E-state index in [4.69, 9.17) is 0 Å². The van der Waals surface area contributed by atoms with E-state index in [1.807, 2.05) is 5.38 Å². The molecule has 0 aliphatic rings. The number of thiazole rings is 1. The molecule has 0 saturated heterocycles. The maximum atomic E-state index is 11.1. The molecule has 1 heterocycles. The highest BCUT2D eigenvalue weighted by molar-refractivity contribution is 8.13. The Kier molecular flexibility index (Phi) is 4.41. The van der Waals surface area contributed by atoms with Gasteiger partial charge in [-0.3, -0.25) is 4.79 Å². The van der Waals surface area contributed by atoms with Gasteiger partial charge in [-0.1, -0.05) is 11.8 Å². The Labute approximate surface area is 92.3 Å². The van der Waals surface area contributed by atoms with Crippen LogP contribution in [-0.2, 0) is 11.2 Å². The first-order valence-electron chi connectivity index (χ1n) is 4.39. The zero-order valence-electron chi connectivity index (χ0n) is 8.53. The fourth-order valence-electron chi connectivity index (χ4n) is 0.950. The second-order valence-electron chi connectivity index (χ2n) is 3.18. The molecule has 5 heteroatoms. The summed E-state index contributed by atoms with van der Waals surface area (Å²) in [7, 11) is 0. The summed E-state index contributed by atoms with van der Waals surface area (Å²) in [5.41, 5.74) is 0. The highest BCUT2D eigenvalue weighted by Gasteiger charge is 2.07. The number of hydrogen-bond acceptors (Lipinski definition) is 5. The SMILES string of the molecule is CSC(=O)Cc1nc(NC(C)C)cs1. The van der Waals surface area contributed by atoms with Crippen LogP contribution in [0.4, 0.5) is 5.82 Å². The Morgan fingerprint density at radius 1 is 1.71 bits per heavy atom. The highest BCUT2D eigenvalue weighted by Crippen LogP contribution is 2.17. The summed E-state index contributed by atoms with van der Waals surface area (Å²) in [6, 6.07) is 0.376. The van der Waals surface area contributed by atoms with E-state index in [-0.39, 0.29) is 5.12 Å². The molecule has 1 aromatic heterocycles. The van der Waals surface area contributed by atoms with E-state index in [1.54, 1.807) is 6.26 Å². The topological polar surface area (TPSA) is 42.0 Å². The molecule has 0 aromatic carbocycles. The quantitative estimate of drug-likeness (QED) is 0.862. The van der Waals surface area contributed by atoms with Crippen molar-refractivity contribution in [1.29, 1.82) is 0 Å². The van der Waals surface area contributed by atoms with Gasteiger partial charge in [0.15, 0.2) is 5.12 Å². The normalized spacial score (nSPS) is 10.6. The van der Waals surface area contributed by atoms with E-state index in [0.717, 1.165) is 10.8 Å². The summed E-state index contributed by atoms with van der Waals surface area (Å²) in [6.45, 7) is 4.12. The van der Waals surface area contributed by atoms with Gasteiger partial charge in [-0.15, -0.1) is 11.3 Å². The summed E-state index contributed by atoms with van der Waals surface area (Å²) in [5, 5.41) is 6.19. The predicted octanol–water partition coefficient (Wildman–Crippen LogP) is 2.40. The summed E-state index contributed by atoms with van der Waals surface area (Å²) >= 11 is 2.78. The Morgan fingerprint density at radius 3 is 3.00 bits per heavy atom. The molecule has 3 nitrogen and oxygen atoms in total. The van der Waals surface area contributed by atoms with E-state index >= 15 is 0 Å². The molecule has 0 radical (unpaired) electrons. The van der Waals surface area contributed by atoms with Crippen molar-refractivity contribution in [1.82, 2.24) is 4.98 Å². The molecule has 0 saturated carbocycles. The van der Waals surface area contributed by atoms with E-state index in [1.165, 1.54) is 23.1 Å². The van der Waals surface area contributed by atoms with Gasteiger partial charge in [0, 0.05) is 11.4 Å². The lowest BCUT2D eigenvalue weighted by Gasteiger charge is -2.04. The third kappa shape index (κ3) is 3.67. The van der Waals surface area contributed by atoms with Gasteiger partial charge in [-0.05, 0) is 20.1 Å². The summed E-state index contributed by atoms with van der Waals surface area (Å²) in [5.74, 6) is 0.869. The Hall–Kier alpha value is -0.550. The van der Waals surface area contributed by atoms with Crippen molar-refractivity contribution in [2.45, 2.75) is 26.3 Å². The minimum Gasteiger partial charge on any atom is -0.367 e. The minimum absolute atomic E-state index is 0.162. The number of nitrogens with one attached hydrogen (secondary N) is 1. The number of carbonyl (C=O) groups is 1. The van der Waals surface area contributed by atoms with Gasteiger partial charge in [0.1, 0.15) is 10.8 Å². The van der Waals surface area contributed by atoms with Crippen LogP contribution in [0.3, 0.4) is 0 Å². The molecule has 0 amide bonds. The van der Waals surface area contributed by atoms with Crippen molar-refractivity contribution in [3.05, 3.63) is 10.4 Å². The lowest BCUT2D eigenvalue weighted by atomic mass is 10.4.